The number of carbonyl (C=O) groups is 2. The molecule has 274 valence electrons. The van der Waals surface area contributed by atoms with Crippen LogP contribution in [0.5, 0.6) is 11.5 Å². The van der Waals surface area contributed by atoms with Crippen LogP contribution in [0.25, 0.3) is 11.1 Å². The summed E-state index contributed by atoms with van der Waals surface area (Å²) in [4.78, 5) is 26.0. The zero-order valence-corrected chi connectivity index (χ0v) is 33.4. The molecule has 0 bridgehead atoms. The maximum atomic E-state index is 13.0. The highest BCUT2D eigenvalue weighted by molar-refractivity contribution is 7.80. The SMILES string of the molecule is COC(=O)[C@H](C)Oc1c(Cl)ccc(P(c2ccccc2)c2ccccc2)c1-c1c(P(c2ccccc2)c2ccccc2)ccc(Cl)c1O[C@H](C)C(=O)OC. The van der Waals surface area contributed by atoms with Gasteiger partial charge in [-0.1, -0.05) is 157 Å². The van der Waals surface area contributed by atoms with Gasteiger partial charge in [-0.3, -0.25) is 0 Å². The van der Waals surface area contributed by atoms with Gasteiger partial charge in [0, 0.05) is 11.1 Å². The van der Waals surface area contributed by atoms with Crippen LogP contribution in [0.2, 0.25) is 10.0 Å². The van der Waals surface area contributed by atoms with Gasteiger partial charge in [0.2, 0.25) is 0 Å². The summed E-state index contributed by atoms with van der Waals surface area (Å²) in [6.07, 6.45) is -2.07. The summed E-state index contributed by atoms with van der Waals surface area (Å²) in [5.41, 5.74) is 1.17. The zero-order valence-electron chi connectivity index (χ0n) is 30.1. The molecule has 0 radical (unpaired) electrons. The highest BCUT2D eigenvalue weighted by Gasteiger charge is 2.34. The van der Waals surface area contributed by atoms with Gasteiger partial charge in [-0.15, -0.1) is 0 Å². The highest BCUT2D eigenvalue weighted by atomic mass is 35.5. The van der Waals surface area contributed by atoms with Gasteiger partial charge < -0.3 is 18.9 Å². The first kappa shape index (κ1) is 39.0. The Morgan fingerprint density at radius 1 is 0.463 bits per heavy atom. The van der Waals surface area contributed by atoms with E-state index in [4.69, 9.17) is 42.1 Å². The second-order valence-corrected chi connectivity index (χ2v) is 17.3. The van der Waals surface area contributed by atoms with Crippen molar-refractivity contribution in [2.75, 3.05) is 14.2 Å². The topological polar surface area (TPSA) is 71.1 Å². The molecule has 0 aliphatic heterocycles. The second-order valence-electron chi connectivity index (χ2n) is 12.1. The third-order valence-electron chi connectivity index (χ3n) is 8.62. The minimum atomic E-state index is -1.30. The Kier molecular flexibility index (Phi) is 13.1. The van der Waals surface area contributed by atoms with Crippen molar-refractivity contribution in [2.45, 2.75) is 26.1 Å². The molecule has 0 heterocycles. The first-order chi connectivity index (χ1) is 26.2. The van der Waals surface area contributed by atoms with Crippen LogP contribution in [-0.2, 0) is 19.1 Å². The molecule has 0 aliphatic rings. The fourth-order valence-corrected chi connectivity index (χ4v) is 11.4. The van der Waals surface area contributed by atoms with Gasteiger partial charge in [0.1, 0.15) is 11.5 Å². The van der Waals surface area contributed by atoms with Crippen LogP contribution in [0.3, 0.4) is 0 Å². The molecule has 6 aromatic rings. The number of hydrogen-bond donors (Lipinski definition) is 0. The van der Waals surface area contributed by atoms with Crippen molar-refractivity contribution in [3.63, 3.8) is 0 Å². The van der Waals surface area contributed by atoms with Gasteiger partial charge in [-0.05, 0) is 73.7 Å². The standard InChI is InChI=1S/C44H38Cl2O6P2/c1-29(43(47)49-3)51-41-35(45)25-27-37(53(31-17-9-5-10-18-31)32-19-11-6-12-20-32)39(41)40-38(28-26-36(46)42(40)52-30(2)44(48)50-4)54(33-21-13-7-14-22-33)34-23-15-8-16-24-34/h5-30H,1-4H3/t29-,30+. The van der Waals surface area contributed by atoms with E-state index in [1.807, 2.05) is 84.9 Å². The molecule has 6 aromatic carbocycles. The molecule has 0 aliphatic carbocycles. The molecule has 0 fully saturated rings. The lowest BCUT2D eigenvalue weighted by molar-refractivity contribution is -0.148. The summed E-state index contributed by atoms with van der Waals surface area (Å²) in [6, 6.07) is 48.5. The third-order valence-corrected chi connectivity index (χ3v) is 14.2. The van der Waals surface area contributed by atoms with E-state index in [9.17, 15) is 9.59 Å². The van der Waals surface area contributed by atoms with Gasteiger partial charge in [-0.25, -0.2) is 9.59 Å². The quantitative estimate of drug-likeness (QED) is 0.0871. The van der Waals surface area contributed by atoms with Crippen molar-refractivity contribution in [3.05, 3.63) is 156 Å². The van der Waals surface area contributed by atoms with Gasteiger partial charge in [-0.2, -0.15) is 0 Å². The molecule has 6 rings (SSSR count). The number of rotatable bonds is 13. The predicted molar refractivity (Wildman–Crippen MR) is 224 cm³/mol. The first-order valence-electron chi connectivity index (χ1n) is 17.2. The van der Waals surface area contributed by atoms with E-state index in [0.717, 1.165) is 31.8 Å². The van der Waals surface area contributed by atoms with Crippen molar-refractivity contribution >= 4 is 82.8 Å². The lowest BCUT2D eigenvalue weighted by Crippen LogP contribution is -2.30. The van der Waals surface area contributed by atoms with Crippen molar-refractivity contribution in [1.82, 2.24) is 0 Å². The Labute approximate surface area is 328 Å². The van der Waals surface area contributed by atoms with Gasteiger partial charge in [0.25, 0.3) is 0 Å². The minimum absolute atomic E-state index is 0.251. The van der Waals surface area contributed by atoms with E-state index in [2.05, 4.69) is 48.5 Å². The molecule has 0 unspecified atom stereocenters. The Morgan fingerprint density at radius 3 is 1.00 bits per heavy atom. The predicted octanol–water partition coefficient (Wildman–Crippen LogP) is 8.06. The summed E-state index contributed by atoms with van der Waals surface area (Å²) in [5.74, 6) is -0.648. The number of benzene rings is 6. The molecule has 0 saturated heterocycles. The molecule has 6 nitrogen and oxygen atoms in total. The Bertz CT molecular complexity index is 1970. The molecule has 0 spiro atoms. The van der Waals surface area contributed by atoms with Crippen LogP contribution in [0.15, 0.2) is 146 Å². The number of ether oxygens (including phenoxy) is 4. The summed E-state index contributed by atoms with van der Waals surface area (Å²) in [7, 11) is 0.0279. The molecular formula is C44H38Cl2O6P2. The molecular weight excluding hydrogens is 757 g/mol. The maximum absolute atomic E-state index is 13.0. The molecule has 2 atom stereocenters. The second kappa shape index (κ2) is 18.1. The smallest absolute Gasteiger partial charge is 0.346 e. The molecule has 10 heteroatoms. The first-order valence-corrected chi connectivity index (χ1v) is 20.6. The fraction of sp³-hybridized carbons (Fsp3) is 0.136. The Balaban J connectivity index is 1.80. The van der Waals surface area contributed by atoms with E-state index in [0.29, 0.717) is 11.1 Å². The van der Waals surface area contributed by atoms with E-state index in [-0.39, 0.29) is 21.5 Å². The normalized spacial score (nSPS) is 12.2. The molecule has 0 saturated carbocycles. The van der Waals surface area contributed by atoms with E-state index in [1.165, 1.54) is 14.2 Å². The fourth-order valence-electron chi connectivity index (χ4n) is 6.12. The number of methoxy groups -OCH3 is 2. The minimum Gasteiger partial charge on any atom is -0.477 e. The number of hydrogen-bond acceptors (Lipinski definition) is 6. The third kappa shape index (κ3) is 8.49. The van der Waals surface area contributed by atoms with Crippen molar-refractivity contribution < 1.29 is 28.5 Å². The van der Waals surface area contributed by atoms with E-state index >= 15 is 0 Å². The van der Waals surface area contributed by atoms with E-state index < -0.39 is 40.0 Å². The number of halogens is 2. The average molecular weight is 796 g/mol. The monoisotopic (exact) mass is 794 g/mol. The summed E-state index contributed by atoms with van der Waals surface area (Å²) < 4.78 is 23.4. The van der Waals surface area contributed by atoms with Crippen LogP contribution in [0.4, 0.5) is 0 Å². The van der Waals surface area contributed by atoms with Crippen molar-refractivity contribution in [3.8, 4) is 22.6 Å². The molecule has 54 heavy (non-hydrogen) atoms. The van der Waals surface area contributed by atoms with E-state index in [1.54, 1.807) is 26.0 Å². The average Bonchev–Trinajstić information content (AvgIpc) is 3.21. The Morgan fingerprint density at radius 2 is 0.741 bits per heavy atom. The van der Waals surface area contributed by atoms with Crippen LogP contribution in [0, 0.1) is 0 Å². The zero-order chi connectivity index (χ0) is 38.2. The van der Waals surface area contributed by atoms with Crippen LogP contribution in [0.1, 0.15) is 13.8 Å². The summed E-state index contributed by atoms with van der Waals surface area (Å²) >= 11 is 14.3. The number of esters is 2. The van der Waals surface area contributed by atoms with Crippen LogP contribution >= 0.6 is 39.0 Å². The van der Waals surface area contributed by atoms with Gasteiger partial charge in [0.05, 0.1) is 24.3 Å². The molecule has 0 N–H and O–H groups in total. The largest absolute Gasteiger partial charge is 0.477 e. The summed E-state index contributed by atoms with van der Waals surface area (Å²) in [6.45, 7) is 3.23. The number of carbonyl (C=O) groups excluding carboxylic acids is 2. The lowest BCUT2D eigenvalue weighted by atomic mass is 10.0. The molecule has 0 aromatic heterocycles. The van der Waals surface area contributed by atoms with Crippen LogP contribution < -0.4 is 41.3 Å². The van der Waals surface area contributed by atoms with Gasteiger partial charge in [0.15, 0.2) is 12.2 Å². The highest BCUT2D eigenvalue weighted by Crippen LogP contribution is 2.51. The lowest BCUT2D eigenvalue weighted by Gasteiger charge is -2.30. The molecule has 0 amide bonds. The maximum Gasteiger partial charge on any atom is 0.346 e. The Hall–Kier alpha value is -4.70. The van der Waals surface area contributed by atoms with Crippen molar-refractivity contribution in [1.29, 1.82) is 0 Å². The summed E-state index contributed by atoms with van der Waals surface area (Å²) in [5, 5.41) is 6.54. The van der Waals surface area contributed by atoms with Crippen LogP contribution in [-0.4, -0.2) is 38.4 Å². The van der Waals surface area contributed by atoms with Crippen molar-refractivity contribution in [2.24, 2.45) is 0 Å². The van der Waals surface area contributed by atoms with Gasteiger partial charge >= 0.3 is 11.9 Å².